The maximum absolute atomic E-state index is 13.6. The molecule has 1 aromatic carbocycles. The Bertz CT molecular complexity index is 1180. The van der Waals surface area contributed by atoms with Crippen LogP contribution < -0.4 is 15.8 Å². The van der Waals surface area contributed by atoms with Gasteiger partial charge in [0.05, 0.1) is 5.25 Å². The molecule has 1 aliphatic carbocycles. The van der Waals surface area contributed by atoms with Gasteiger partial charge in [-0.3, -0.25) is 15.0 Å². The Labute approximate surface area is 217 Å². The van der Waals surface area contributed by atoms with Gasteiger partial charge < -0.3 is 16.0 Å². The van der Waals surface area contributed by atoms with E-state index in [9.17, 15) is 18.0 Å². The molecule has 36 heavy (non-hydrogen) atoms. The van der Waals surface area contributed by atoms with Gasteiger partial charge in [0.25, 0.3) is 0 Å². The molecular formula is C25H33N5O4S2. The summed E-state index contributed by atoms with van der Waals surface area (Å²) >= 11 is 5.16. The predicted octanol–water partition coefficient (Wildman–Crippen LogP) is 1.59. The third-order valence-corrected chi connectivity index (χ3v) is 8.43. The lowest BCUT2D eigenvalue weighted by Gasteiger charge is -2.30. The lowest BCUT2D eigenvalue weighted by Crippen LogP contribution is -2.57. The molecule has 3 rings (SSSR count). The summed E-state index contributed by atoms with van der Waals surface area (Å²) in [4.78, 5) is 29.1. The Balaban J connectivity index is 1.81. The van der Waals surface area contributed by atoms with Crippen LogP contribution in [0.2, 0.25) is 0 Å². The number of amidine groups is 1. The van der Waals surface area contributed by atoms with Gasteiger partial charge in [-0.05, 0) is 50.3 Å². The van der Waals surface area contributed by atoms with Crippen LogP contribution in [-0.2, 0) is 26.0 Å². The third-order valence-electron chi connectivity index (χ3n) is 6.28. The average Bonchev–Trinajstić information content (AvgIpc) is 3.32. The molecule has 0 spiro atoms. The van der Waals surface area contributed by atoms with Crippen molar-refractivity contribution in [1.29, 1.82) is 5.41 Å². The summed E-state index contributed by atoms with van der Waals surface area (Å²) in [5.74, 6) is -1.12. The highest BCUT2D eigenvalue weighted by Crippen LogP contribution is 2.21. The SMILES string of the molecule is CC(C)S(=O)(=O)N[C@H](Cc1ccccc1)C(=O)N1CCC[C@H]1C(=O)NC(C(=N)N)C1=CCC(=S)C=C1. The number of nitrogens with zero attached hydrogens (tertiary/aromatic N) is 1. The van der Waals surface area contributed by atoms with Crippen molar-refractivity contribution >= 4 is 44.8 Å². The Hall–Kier alpha value is -2.89. The second-order valence-electron chi connectivity index (χ2n) is 9.25. The van der Waals surface area contributed by atoms with E-state index >= 15 is 0 Å². The van der Waals surface area contributed by atoms with Crippen molar-refractivity contribution in [2.24, 2.45) is 5.73 Å². The van der Waals surface area contributed by atoms with Crippen molar-refractivity contribution in [1.82, 2.24) is 14.9 Å². The monoisotopic (exact) mass is 531 g/mol. The van der Waals surface area contributed by atoms with Crippen LogP contribution in [0.15, 0.2) is 54.1 Å². The van der Waals surface area contributed by atoms with Gasteiger partial charge in [-0.2, -0.15) is 0 Å². The molecule has 9 nitrogen and oxygen atoms in total. The van der Waals surface area contributed by atoms with Gasteiger partial charge in [-0.25, -0.2) is 13.1 Å². The molecule has 0 saturated carbocycles. The van der Waals surface area contributed by atoms with E-state index in [1.165, 1.54) is 4.90 Å². The number of carbonyl (C=O) groups excluding carboxylic acids is 2. The number of rotatable bonds is 10. The van der Waals surface area contributed by atoms with E-state index in [1.807, 2.05) is 36.4 Å². The fraction of sp³-hybridized carbons (Fsp3) is 0.440. The number of hydrogen-bond donors (Lipinski definition) is 4. The number of hydrogen-bond acceptors (Lipinski definition) is 6. The van der Waals surface area contributed by atoms with E-state index in [-0.39, 0.29) is 12.3 Å². The van der Waals surface area contributed by atoms with E-state index in [2.05, 4.69) is 10.0 Å². The highest BCUT2D eigenvalue weighted by molar-refractivity contribution is 7.90. The Morgan fingerprint density at radius 2 is 1.92 bits per heavy atom. The van der Waals surface area contributed by atoms with Crippen molar-refractivity contribution in [2.45, 2.75) is 62.9 Å². The topological polar surface area (TPSA) is 145 Å². The zero-order chi connectivity index (χ0) is 26.5. The minimum atomic E-state index is -3.75. The quantitative estimate of drug-likeness (QED) is 0.205. The highest BCUT2D eigenvalue weighted by atomic mass is 32.2. The van der Waals surface area contributed by atoms with Crippen LogP contribution in [0.1, 0.15) is 38.7 Å². The second kappa shape index (κ2) is 11.9. The Kier molecular flexibility index (Phi) is 9.15. The van der Waals surface area contributed by atoms with Crippen LogP contribution in [-0.4, -0.2) is 65.8 Å². The standard InChI is InChI=1S/C25H33N5O4S2/c1-16(2)36(33,34)29-20(15-17-7-4-3-5-8-17)25(32)30-14-6-9-21(30)24(31)28-22(23(26)27)18-10-12-19(35)13-11-18/h3-5,7-8,10-12,16,20-22,29H,6,9,13-15H2,1-2H3,(H3,26,27)(H,28,31)/t20-,21+,22?/m1/s1. The molecule has 1 heterocycles. The summed E-state index contributed by atoms with van der Waals surface area (Å²) in [5.41, 5.74) is 7.24. The first kappa shape index (κ1) is 27.7. The minimum Gasteiger partial charge on any atom is -0.386 e. The van der Waals surface area contributed by atoms with Crippen molar-refractivity contribution in [2.75, 3.05) is 6.54 Å². The molecule has 194 valence electrons. The van der Waals surface area contributed by atoms with Gasteiger partial charge in [0, 0.05) is 17.8 Å². The van der Waals surface area contributed by atoms with Gasteiger partial charge in [0.15, 0.2) is 0 Å². The molecule has 1 fully saturated rings. The molecule has 1 unspecified atom stereocenters. The van der Waals surface area contributed by atoms with E-state index in [0.29, 0.717) is 31.4 Å². The Morgan fingerprint density at radius 1 is 1.22 bits per heavy atom. The molecule has 5 N–H and O–H groups in total. The Morgan fingerprint density at radius 3 is 2.50 bits per heavy atom. The molecule has 1 aliphatic heterocycles. The zero-order valence-electron chi connectivity index (χ0n) is 20.4. The largest absolute Gasteiger partial charge is 0.386 e. The summed E-state index contributed by atoms with van der Waals surface area (Å²) in [6, 6.07) is 6.45. The molecule has 2 amide bonds. The van der Waals surface area contributed by atoms with Crippen molar-refractivity contribution < 1.29 is 18.0 Å². The van der Waals surface area contributed by atoms with Gasteiger partial charge in [-0.1, -0.05) is 54.7 Å². The molecule has 1 aromatic rings. The summed E-state index contributed by atoms with van der Waals surface area (Å²) in [6.45, 7) is 3.41. The maximum atomic E-state index is 13.6. The second-order valence-corrected chi connectivity index (χ2v) is 12.0. The van der Waals surface area contributed by atoms with Gasteiger partial charge in [-0.15, -0.1) is 0 Å². The van der Waals surface area contributed by atoms with Crippen molar-refractivity contribution in [3.8, 4) is 0 Å². The van der Waals surface area contributed by atoms with Gasteiger partial charge in [0.1, 0.15) is 24.0 Å². The molecule has 0 bridgehead atoms. The number of carbonyl (C=O) groups is 2. The van der Waals surface area contributed by atoms with Crippen LogP contribution in [0.3, 0.4) is 0 Å². The normalized spacial score (nSPS) is 19.6. The zero-order valence-corrected chi connectivity index (χ0v) is 22.1. The summed E-state index contributed by atoms with van der Waals surface area (Å²) in [7, 11) is -3.75. The first-order valence-electron chi connectivity index (χ1n) is 11.9. The first-order chi connectivity index (χ1) is 17.0. The van der Waals surface area contributed by atoms with Crippen LogP contribution in [0.5, 0.6) is 0 Å². The van der Waals surface area contributed by atoms with E-state index in [0.717, 1.165) is 10.4 Å². The smallest absolute Gasteiger partial charge is 0.243 e. The van der Waals surface area contributed by atoms with Gasteiger partial charge >= 0.3 is 0 Å². The van der Waals surface area contributed by atoms with E-state index in [1.54, 1.807) is 26.0 Å². The number of amides is 2. The molecule has 2 aliphatic rings. The third kappa shape index (κ3) is 6.86. The summed E-state index contributed by atoms with van der Waals surface area (Å²) < 4.78 is 27.9. The average molecular weight is 532 g/mol. The van der Waals surface area contributed by atoms with Crippen LogP contribution in [0.4, 0.5) is 0 Å². The maximum Gasteiger partial charge on any atom is 0.243 e. The molecule has 0 radical (unpaired) electrons. The summed E-state index contributed by atoms with van der Waals surface area (Å²) in [5, 5.41) is 10.0. The van der Waals surface area contributed by atoms with Gasteiger partial charge in [0.2, 0.25) is 21.8 Å². The van der Waals surface area contributed by atoms with Crippen molar-refractivity contribution in [3.05, 3.63) is 59.7 Å². The lowest BCUT2D eigenvalue weighted by molar-refractivity contribution is -0.139. The fourth-order valence-corrected chi connectivity index (χ4v) is 5.21. The number of likely N-dealkylation sites (tertiary alicyclic amines) is 1. The number of nitrogens with two attached hydrogens (primary N) is 1. The van der Waals surface area contributed by atoms with E-state index in [4.69, 9.17) is 23.4 Å². The minimum absolute atomic E-state index is 0.157. The number of allylic oxidation sites excluding steroid dienone is 2. The number of benzene rings is 1. The molecule has 11 heteroatoms. The first-order valence-corrected chi connectivity index (χ1v) is 13.9. The molecule has 1 saturated heterocycles. The number of sulfonamides is 1. The highest BCUT2D eigenvalue weighted by Gasteiger charge is 2.39. The van der Waals surface area contributed by atoms with E-state index < -0.39 is 45.2 Å². The predicted molar refractivity (Wildman–Crippen MR) is 144 cm³/mol. The molecule has 3 atom stereocenters. The molecule has 0 aromatic heterocycles. The van der Waals surface area contributed by atoms with Crippen molar-refractivity contribution in [3.63, 3.8) is 0 Å². The number of nitrogens with one attached hydrogen (secondary N) is 3. The lowest BCUT2D eigenvalue weighted by atomic mass is 9.98. The fourth-order valence-electron chi connectivity index (χ4n) is 4.20. The van der Waals surface area contributed by atoms with Crippen LogP contribution >= 0.6 is 12.2 Å². The summed E-state index contributed by atoms with van der Waals surface area (Å²) in [6.07, 6.45) is 7.00. The van der Waals surface area contributed by atoms with Crippen LogP contribution in [0, 0.1) is 5.41 Å². The molecular weight excluding hydrogens is 498 g/mol. The number of thiocarbonyl (C=S) groups is 1. The van der Waals surface area contributed by atoms with Crippen LogP contribution in [0.25, 0.3) is 0 Å².